The summed E-state index contributed by atoms with van der Waals surface area (Å²) < 4.78 is 41.5. The summed E-state index contributed by atoms with van der Waals surface area (Å²) >= 11 is 0. The van der Waals surface area contributed by atoms with E-state index in [0.717, 1.165) is 30.5 Å². The van der Waals surface area contributed by atoms with Crippen LogP contribution in [0.4, 0.5) is 36.3 Å². The lowest BCUT2D eigenvalue weighted by Crippen LogP contribution is -2.57. The SMILES string of the molecule is CN(C)C1CN(c2ccc(Nc3ncc(C(F)(F)F)c(N4OCCC4c4ccccc4)n3)cc2)C1. The maximum Gasteiger partial charge on any atom is 0.421 e. The second-order valence-electron chi connectivity index (χ2n) is 9.00. The molecule has 7 nitrogen and oxygen atoms in total. The molecule has 1 unspecified atom stereocenters. The highest BCUT2D eigenvalue weighted by atomic mass is 19.4. The molecule has 2 fully saturated rings. The highest BCUT2D eigenvalue weighted by Gasteiger charge is 2.40. The first-order valence-corrected chi connectivity index (χ1v) is 11.5. The van der Waals surface area contributed by atoms with E-state index >= 15 is 0 Å². The number of benzene rings is 2. The van der Waals surface area contributed by atoms with Gasteiger partial charge in [0.25, 0.3) is 0 Å². The van der Waals surface area contributed by atoms with Crippen molar-refractivity contribution < 1.29 is 18.0 Å². The number of hydrogen-bond donors (Lipinski definition) is 1. The highest BCUT2D eigenvalue weighted by Crippen LogP contribution is 2.41. The highest BCUT2D eigenvalue weighted by molar-refractivity contribution is 5.62. The van der Waals surface area contributed by atoms with E-state index in [1.807, 2.05) is 54.6 Å². The third-order valence-electron chi connectivity index (χ3n) is 6.45. The molecule has 3 aromatic rings. The Morgan fingerprint density at radius 2 is 1.74 bits per heavy atom. The van der Waals surface area contributed by atoms with Crippen molar-refractivity contribution in [3.63, 3.8) is 0 Å². The van der Waals surface area contributed by atoms with Crippen LogP contribution in [0, 0.1) is 0 Å². The average Bonchev–Trinajstić information content (AvgIpc) is 3.29. The van der Waals surface area contributed by atoms with Crippen molar-refractivity contribution in [2.45, 2.75) is 24.7 Å². The zero-order chi connectivity index (χ0) is 24.6. The number of nitrogens with zero attached hydrogens (tertiary/aromatic N) is 5. The molecule has 3 heterocycles. The quantitative estimate of drug-likeness (QED) is 0.536. The van der Waals surface area contributed by atoms with Crippen LogP contribution in [-0.4, -0.2) is 54.7 Å². The van der Waals surface area contributed by atoms with Crippen molar-refractivity contribution in [3.05, 3.63) is 71.9 Å². The number of nitrogens with one attached hydrogen (secondary N) is 1. The standard InChI is InChI=1S/C25H27F3N6O/c1-32(2)20-15-33(16-20)19-10-8-18(9-11-19)30-24-29-14-21(25(26,27)28)23(31-24)34-22(12-13-35-34)17-6-4-3-5-7-17/h3-11,14,20,22H,12-13,15-16H2,1-2H3,(H,29,30,31). The summed E-state index contributed by atoms with van der Waals surface area (Å²) in [4.78, 5) is 18.3. The lowest BCUT2D eigenvalue weighted by molar-refractivity contribution is -0.138. The van der Waals surface area contributed by atoms with E-state index in [1.165, 1.54) is 5.06 Å². The number of aromatic nitrogens is 2. The molecular formula is C25H27F3N6O. The van der Waals surface area contributed by atoms with E-state index < -0.39 is 11.7 Å². The van der Waals surface area contributed by atoms with Crippen LogP contribution in [0.3, 0.4) is 0 Å². The molecule has 35 heavy (non-hydrogen) atoms. The zero-order valence-corrected chi connectivity index (χ0v) is 19.5. The third-order valence-corrected chi connectivity index (χ3v) is 6.45. The minimum Gasteiger partial charge on any atom is -0.368 e. The molecule has 2 saturated heterocycles. The van der Waals surface area contributed by atoms with Crippen LogP contribution >= 0.6 is 0 Å². The van der Waals surface area contributed by atoms with Gasteiger partial charge in [0.15, 0.2) is 5.82 Å². The Kier molecular flexibility index (Phi) is 6.24. The van der Waals surface area contributed by atoms with Crippen LogP contribution in [-0.2, 0) is 11.0 Å². The molecule has 2 aliphatic rings. The largest absolute Gasteiger partial charge is 0.421 e. The van der Waals surface area contributed by atoms with Gasteiger partial charge in [0.2, 0.25) is 5.95 Å². The lowest BCUT2D eigenvalue weighted by Gasteiger charge is -2.44. The predicted octanol–water partition coefficient (Wildman–Crippen LogP) is 4.87. The second kappa shape index (κ2) is 9.35. The van der Waals surface area contributed by atoms with E-state index in [-0.39, 0.29) is 17.8 Å². The predicted molar refractivity (Wildman–Crippen MR) is 129 cm³/mol. The van der Waals surface area contributed by atoms with Crippen LogP contribution in [0.15, 0.2) is 60.8 Å². The average molecular weight is 485 g/mol. The number of hydrogen-bond acceptors (Lipinski definition) is 7. The molecule has 2 aliphatic heterocycles. The Morgan fingerprint density at radius 1 is 1.03 bits per heavy atom. The van der Waals surface area contributed by atoms with Crippen LogP contribution in [0.25, 0.3) is 0 Å². The molecule has 0 aliphatic carbocycles. The maximum absolute atomic E-state index is 13.8. The Morgan fingerprint density at radius 3 is 2.40 bits per heavy atom. The van der Waals surface area contributed by atoms with Crippen molar-refractivity contribution in [1.82, 2.24) is 14.9 Å². The monoisotopic (exact) mass is 484 g/mol. The van der Waals surface area contributed by atoms with Gasteiger partial charge in [-0.1, -0.05) is 30.3 Å². The molecule has 0 spiro atoms. The molecule has 0 bridgehead atoms. The van der Waals surface area contributed by atoms with Crippen LogP contribution < -0.4 is 15.3 Å². The van der Waals surface area contributed by atoms with Crippen LogP contribution in [0.2, 0.25) is 0 Å². The van der Waals surface area contributed by atoms with Gasteiger partial charge in [0.1, 0.15) is 5.56 Å². The fraction of sp³-hybridized carbons (Fsp3) is 0.360. The number of likely N-dealkylation sites (N-methyl/N-ethyl adjacent to an activating group) is 1. The zero-order valence-electron chi connectivity index (χ0n) is 19.5. The smallest absolute Gasteiger partial charge is 0.368 e. The normalized spacial score (nSPS) is 18.7. The topological polar surface area (TPSA) is 56.8 Å². The molecule has 0 saturated carbocycles. The van der Waals surface area contributed by atoms with Crippen molar-refractivity contribution in [2.75, 3.05) is 49.1 Å². The minimum absolute atomic E-state index is 0.0692. The lowest BCUT2D eigenvalue weighted by atomic mass is 10.0. The summed E-state index contributed by atoms with van der Waals surface area (Å²) in [5.74, 6) is -0.229. The molecule has 1 N–H and O–H groups in total. The van der Waals surface area contributed by atoms with E-state index in [1.54, 1.807) is 0 Å². The first-order valence-electron chi connectivity index (χ1n) is 11.5. The molecule has 10 heteroatoms. The fourth-order valence-corrected chi connectivity index (χ4v) is 4.33. The van der Waals surface area contributed by atoms with Crippen molar-refractivity contribution >= 4 is 23.1 Å². The van der Waals surface area contributed by atoms with Gasteiger partial charge in [-0.2, -0.15) is 18.2 Å². The number of anilines is 4. The molecule has 2 aromatic carbocycles. The Balaban J connectivity index is 1.38. The summed E-state index contributed by atoms with van der Waals surface area (Å²) in [7, 11) is 4.14. The Bertz CT molecular complexity index is 1150. The number of hydroxylamine groups is 1. The van der Waals surface area contributed by atoms with Gasteiger partial charge >= 0.3 is 6.18 Å². The minimum atomic E-state index is -4.62. The fourth-order valence-electron chi connectivity index (χ4n) is 4.33. The third kappa shape index (κ3) is 4.89. The second-order valence-corrected chi connectivity index (χ2v) is 9.00. The van der Waals surface area contributed by atoms with Gasteiger partial charge in [-0.15, -0.1) is 0 Å². The molecule has 184 valence electrons. The van der Waals surface area contributed by atoms with Crippen LogP contribution in [0.1, 0.15) is 23.6 Å². The summed E-state index contributed by atoms with van der Waals surface area (Å²) in [6.07, 6.45) is -3.25. The molecule has 1 aromatic heterocycles. The van der Waals surface area contributed by atoms with Gasteiger partial charge in [-0.25, -0.2) is 10.0 Å². The molecule has 0 radical (unpaired) electrons. The van der Waals surface area contributed by atoms with Crippen molar-refractivity contribution in [2.24, 2.45) is 0 Å². The van der Waals surface area contributed by atoms with Gasteiger partial charge in [-0.3, -0.25) is 4.84 Å². The summed E-state index contributed by atoms with van der Waals surface area (Å²) in [6.45, 7) is 2.23. The van der Waals surface area contributed by atoms with Crippen molar-refractivity contribution in [1.29, 1.82) is 0 Å². The Hall–Kier alpha value is -3.37. The number of alkyl halides is 3. The maximum atomic E-state index is 13.8. The molecule has 1 atom stereocenters. The number of halogens is 3. The van der Waals surface area contributed by atoms with Gasteiger partial charge < -0.3 is 15.1 Å². The van der Waals surface area contributed by atoms with E-state index in [0.29, 0.717) is 24.8 Å². The Labute approximate surface area is 202 Å². The summed E-state index contributed by atoms with van der Waals surface area (Å²) in [5.41, 5.74) is 1.71. The van der Waals surface area contributed by atoms with E-state index in [4.69, 9.17) is 4.84 Å². The first kappa shape index (κ1) is 23.4. The van der Waals surface area contributed by atoms with Crippen LogP contribution in [0.5, 0.6) is 0 Å². The summed E-state index contributed by atoms with van der Waals surface area (Å²) in [5, 5.41) is 4.29. The van der Waals surface area contributed by atoms with E-state index in [2.05, 4.69) is 39.2 Å². The van der Waals surface area contributed by atoms with Crippen molar-refractivity contribution in [3.8, 4) is 0 Å². The number of rotatable bonds is 6. The summed E-state index contributed by atoms with van der Waals surface area (Å²) in [6, 6.07) is 17.2. The van der Waals surface area contributed by atoms with Gasteiger partial charge in [0, 0.05) is 43.1 Å². The van der Waals surface area contributed by atoms with Gasteiger partial charge in [0.05, 0.1) is 12.6 Å². The first-order chi connectivity index (χ1) is 16.8. The molecule has 0 amide bonds. The molecule has 5 rings (SSSR count). The van der Waals surface area contributed by atoms with E-state index in [9.17, 15) is 13.2 Å². The van der Waals surface area contributed by atoms with Gasteiger partial charge in [-0.05, 0) is 43.9 Å². The molecular weight excluding hydrogens is 457 g/mol.